The smallest absolute Gasteiger partial charge is 0.271 e. The first-order valence-corrected chi connectivity index (χ1v) is 7.96. The average Bonchev–Trinajstić information content (AvgIpc) is 3.11. The van der Waals surface area contributed by atoms with Gasteiger partial charge in [-0.2, -0.15) is 5.10 Å². The van der Waals surface area contributed by atoms with Crippen molar-refractivity contribution < 1.29 is 9.53 Å². The highest BCUT2D eigenvalue weighted by atomic mass is 35.5. The van der Waals surface area contributed by atoms with Crippen LogP contribution in [0.2, 0.25) is 5.02 Å². The van der Waals surface area contributed by atoms with Crippen molar-refractivity contribution in [2.75, 3.05) is 7.11 Å². The van der Waals surface area contributed by atoms with Crippen molar-refractivity contribution in [2.45, 2.75) is 0 Å². The quantitative estimate of drug-likeness (QED) is 0.558. The second-order valence-corrected chi connectivity index (χ2v) is 5.64. The predicted octanol–water partition coefficient (Wildman–Crippen LogP) is 3.90. The van der Waals surface area contributed by atoms with Crippen LogP contribution in [0.1, 0.15) is 16.1 Å². The second-order valence-electron chi connectivity index (χ2n) is 5.21. The van der Waals surface area contributed by atoms with Crippen molar-refractivity contribution in [3.63, 3.8) is 0 Å². The molecule has 0 saturated heterocycles. The Morgan fingerprint density at radius 2 is 1.84 bits per heavy atom. The zero-order valence-electron chi connectivity index (χ0n) is 13.5. The summed E-state index contributed by atoms with van der Waals surface area (Å²) in [5.74, 6) is 0.407. The first-order valence-electron chi connectivity index (χ1n) is 7.58. The lowest BCUT2D eigenvalue weighted by molar-refractivity contribution is 0.0955. The van der Waals surface area contributed by atoms with Gasteiger partial charge in [0.05, 0.1) is 19.0 Å². The van der Waals surface area contributed by atoms with Crippen molar-refractivity contribution in [3.8, 4) is 11.4 Å². The standard InChI is InChI=1S/C19H16ClN3O2/c1-25-18-10-4-14(5-11-18)19(24)22-21-13-17-3-2-12-23(17)16-8-6-15(20)7-9-16/h2-13H,1H3,(H,22,24)/b21-13+. The average molecular weight is 354 g/mol. The number of carbonyl (C=O) groups excluding carboxylic acids is 1. The molecular weight excluding hydrogens is 338 g/mol. The Kier molecular flexibility index (Phi) is 5.16. The summed E-state index contributed by atoms with van der Waals surface area (Å²) < 4.78 is 7.01. The van der Waals surface area contributed by atoms with E-state index in [1.807, 2.05) is 47.2 Å². The summed E-state index contributed by atoms with van der Waals surface area (Å²) in [6.45, 7) is 0. The monoisotopic (exact) mass is 353 g/mol. The Hall–Kier alpha value is -3.05. The van der Waals surface area contributed by atoms with Gasteiger partial charge in [-0.25, -0.2) is 5.43 Å². The minimum Gasteiger partial charge on any atom is -0.497 e. The van der Waals surface area contributed by atoms with Crippen LogP contribution in [0.4, 0.5) is 0 Å². The summed E-state index contributed by atoms with van der Waals surface area (Å²) in [5, 5.41) is 4.71. The van der Waals surface area contributed by atoms with E-state index in [1.165, 1.54) is 0 Å². The van der Waals surface area contributed by atoms with Gasteiger partial charge < -0.3 is 9.30 Å². The van der Waals surface area contributed by atoms with Crippen molar-refractivity contribution in [1.29, 1.82) is 0 Å². The van der Waals surface area contributed by atoms with Gasteiger partial charge in [-0.15, -0.1) is 0 Å². The van der Waals surface area contributed by atoms with Crippen molar-refractivity contribution in [1.82, 2.24) is 9.99 Å². The molecule has 0 radical (unpaired) electrons. The number of benzene rings is 2. The van der Waals surface area contributed by atoms with Crippen molar-refractivity contribution >= 4 is 23.7 Å². The van der Waals surface area contributed by atoms with E-state index in [-0.39, 0.29) is 5.91 Å². The molecule has 0 bridgehead atoms. The largest absolute Gasteiger partial charge is 0.497 e. The molecule has 2 aromatic carbocycles. The molecule has 126 valence electrons. The van der Waals surface area contributed by atoms with Gasteiger partial charge in [0.1, 0.15) is 5.75 Å². The first kappa shape index (κ1) is 16.8. The molecular formula is C19H16ClN3O2. The Bertz CT molecular complexity index is 884. The van der Waals surface area contributed by atoms with Gasteiger partial charge >= 0.3 is 0 Å². The zero-order chi connectivity index (χ0) is 17.6. The number of hydrazone groups is 1. The van der Waals surface area contributed by atoms with Crippen LogP contribution in [-0.2, 0) is 0 Å². The van der Waals surface area contributed by atoms with Crippen LogP contribution in [0.5, 0.6) is 5.75 Å². The van der Waals surface area contributed by atoms with E-state index in [4.69, 9.17) is 16.3 Å². The molecule has 0 unspecified atom stereocenters. The molecule has 5 nitrogen and oxygen atoms in total. The van der Waals surface area contributed by atoms with E-state index in [2.05, 4.69) is 10.5 Å². The number of rotatable bonds is 5. The first-order chi connectivity index (χ1) is 12.2. The third kappa shape index (κ3) is 4.08. The maximum atomic E-state index is 12.1. The normalized spacial score (nSPS) is 10.8. The number of nitrogens with one attached hydrogen (secondary N) is 1. The molecule has 3 aromatic rings. The molecule has 0 spiro atoms. The highest BCUT2D eigenvalue weighted by Crippen LogP contribution is 2.15. The maximum Gasteiger partial charge on any atom is 0.271 e. The molecule has 0 atom stereocenters. The van der Waals surface area contributed by atoms with Crippen LogP contribution >= 0.6 is 11.6 Å². The van der Waals surface area contributed by atoms with Crippen molar-refractivity contribution in [3.05, 3.63) is 83.1 Å². The van der Waals surface area contributed by atoms with Gasteiger partial charge in [-0.1, -0.05) is 11.6 Å². The van der Waals surface area contributed by atoms with Crippen LogP contribution in [-0.4, -0.2) is 23.8 Å². The lowest BCUT2D eigenvalue weighted by Crippen LogP contribution is -2.17. The summed E-state index contributed by atoms with van der Waals surface area (Å²) in [4.78, 5) is 12.1. The number of hydrogen-bond donors (Lipinski definition) is 1. The molecule has 0 aliphatic carbocycles. The lowest BCUT2D eigenvalue weighted by atomic mass is 10.2. The molecule has 1 amide bonds. The second kappa shape index (κ2) is 7.68. The highest BCUT2D eigenvalue weighted by molar-refractivity contribution is 6.30. The Balaban J connectivity index is 1.69. The minimum absolute atomic E-state index is 0.288. The van der Waals surface area contributed by atoms with E-state index in [9.17, 15) is 4.79 Å². The third-order valence-corrected chi connectivity index (χ3v) is 3.85. The van der Waals surface area contributed by atoms with E-state index in [1.54, 1.807) is 37.6 Å². The van der Waals surface area contributed by atoms with E-state index in [0.29, 0.717) is 16.3 Å². The number of halogens is 1. The van der Waals surface area contributed by atoms with Gasteiger partial charge in [-0.3, -0.25) is 4.79 Å². The van der Waals surface area contributed by atoms with Gasteiger partial charge in [0.2, 0.25) is 0 Å². The maximum absolute atomic E-state index is 12.1. The summed E-state index contributed by atoms with van der Waals surface area (Å²) in [6.07, 6.45) is 3.51. The Labute approximate surface area is 150 Å². The van der Waals surface area contributed by atoms with E-state index >= 15 is 0 Å². The molecule has 6 heteroatoms. The van der Waals surface area contributed by atoms with Gasteiger partial charge in [0.25, 0.3) is 5.91 Å². The summed E-state index contributed by atoms with van der Waals surface area (Å²) in [6, 6.07) is 18.1. The van der Waals surface area contributed by atoms with Crippen LogP contribution in [0.15, 0.2) is 72.0 Å². The van der Waals surface area contributed by atoms with Crippen molar-refractivity contribution in [2.24, 2.45) is 5.10 Å². The fourth-order valence-electron chi connectivity index (χ4n) is 2.30. The third-order valence-electron chi connectivity index (χ3n) is 3.60. The Morgan fingerprint density at radius 1 is 1.12 bits per heavy atom. The molecule has 1 N–H and O–H groups in total. The number of hydrogen-bond acceptors (Lipinski definition) is 3. The fraction of sp³-hybridized carbons (Fsp3) is 0.0526. The number of ether oxygens (including phenoxy) is 1. The van der Waals surface area contributed by atoms with Crippen LogP contribution in [0.3, 0.4) is 0 Å². The Morgan fingerprint density at radius 3 is 2.52 bits per heavy atom. The van der Waals surface area contributed by atoms with Crippen LogP contribution < -0.4 is 10.2 Å². The van der Waals surface area contributed by atoms with Gasteiger partial charge in [0, 0.05) is 22.5 Å². The molecule has 0 aliphatic heterocycles. The van der Waals surface area contributed by atoms with Gasteiger partial charge in [0.15, 0.2) is 0 Å². The lowest BCUT2D eigenvalue weighted by Gasteiger charge is -2.06. The van der Waals surface area contributed by atoms with Gasteiger partial charge in [-0.05, 0) is 60.7 Å². The topological polar surface area (TPSA) is 55.6 Å². The molecule has 0 fully saturated rings. The SMILES string of the molecule is COc1ccc(C(=O)N/N=C/c2cccn2-c2ccc(Cl)cc2)cc1. The number of nitrogens with zero attached hydrogens (tertiary/aromatic N) is 2. The number of aromatic nitrogens is 1. The fourth-order valence-corrected chi connectivity index (χ4v) is 2.43. The minimum atomic E-state index is -0.288. The number of methoxy groups -OCH3 is 1. The molecule has 0 aliphatic rings. The molecule has 25 heavy (non-hydrogen) atoms. The number of amides is 1. The van der Waals surface area contributed by atoms with Crippen LogP contribution in [0.25, 0.3) is 5.69 Å². The zero-order valence-corrected chi connectivity index (χ0v) is 14.3. The summed E-state index contributed by atoms with van der Waals surface area (Å²) >= 11 is 5.92. The molecule has 0 saturated carbocycles. The number of carbonyl (C=O) groups is 1. The highest BCUT2D eigenvalue weighted by Gasteiger charge is 2.05. The molecule has 1 heterocycles. The molecule has 1 aromatic heterocycles. The van der Waals surface area contributed by atoms with E-state index < -0.39 is 0 Å². The van der Waals surface area contributed by atoms with E-state index in [0.717, 1.165) is 11.4 Å². The summed E-state index contributed by atoms with van der Waals surface area (Å²) in [7, 11) is 1.58. The predicted molar refractivity (Wildman–Crippen MR) is 98.8 cm³/mol. The summed E-state index contributed by atoms with van der Waals surface area (Å²) in [5.41, 5.74) is 4.81. The molecule has 3 rings (SSSR count). The van der Waals surface area contributed by atoms with Crippen LogP contribution in [0, 0.1) is 0 Å².